The van der Waals surface area contributed by atoms with Gasteiger partial charge in [0, 0.05) is 24.5 Å². The standard InChI is InChI=1S/C12H23NO/c1-9(14)12(2,3)8-13-7-10-4-5-11(13)6-10/h9-11,14H,4-8H2,1-3H3. The fourth-order valence-electron chi connectivity index (χ4n) is 2.88. The van der Waals surface area contributed by atoms with E-state index in [-0.39, 0.29) is 11.5 Å². The van der Waals surface area contributed by atoms with E-state index in [4.69, 9.17) is 0 Å². The van der Waals surface area contributed by atoms with Crippen LogP contribution in [0.15, 0.2) is 0 Å². The van der Waals surface area contributed by atoms with Crippen LogP contribution in [0.25, 0.3) is 0 Å². The summed E-state index contributed by atoms with van der Waals surface area (Å²) < 4.78 is 0. The second-order valence-corrected chi connectivity index (χ2v) is 5.93. The molecule has 0 aromatic rings. The van der Waals surface area contributed by atoms with Crippen LogP contribution < -0.4 is 0 Å². The Bertz CT molecular complexity index is 212. The molecule has 2 fully saturated rings. The first kappa shape index (κ1) is 10.4. The van der Waals surface area contributed by atoms with Crippen molar-refractivity contribution in [1.82, 2.24) is 4.90 Å². The Morgan fingerprint density at radius 3 is 2.57 bits per heavy atom. The summed E-state index contributed by atoms with van der Waals surface area (Å²) in [6.07, 6.45) is 4.04. The number of rotatable bonds is 3. The van der Waals surface area contributed by atoms with Gasteiger partial charge in [0.2, 0.25) is 0 Å². The number of fused-ring (bicyclic) bond motifs is 2. The van der Waals surface area contributed by atoms with E-state index < -0.39 is 0 Å². The highest BCUT2D eigenvalue weighted by Gasteiger charge is 2.40. The Labute approximate surface area is 87.3 Å². The number of aliphatic hydroxyl groups is 1. The zero-order valence-electron chi connectivity index (χ0n) is 9.66. The molecule has 14 heavy (non-hydrogen) atoms. The zero-order chi connectivity index (χ0) is 10.3. The number of aliphatic hydroxyl groups excluding tert-OH is 1. The Hall–Kier alpha value is -0.0800. The maximum atomic E-state index is 9.68. The Kier molecular flexibility index (Phi) is 2.61. The minimum Gasteiger partial charge on any atom is -0.393 e. The minimum absolute atomic E-state index is 0.0461. The van der Waals surface area contributed by atoms with E-state index in [2.05, 4.69) is 18.7 Å². The van der Waals surface area contributed by atoms with Crippen LogP contribution in [0.3, 0.4) is 0 Å². The molecule has 2 heteroatoms. The summed E-state index contributed by atoms with van der Waals surface area (Å²) in [7, 11) is 0. The van der Waals surface area contributed by atoms with Gasteiger partial charge in [-0.25, -0.2) is 0 Å². The van der Waals surface area contributed by atoms with Crippen molar-refractivity contribution >= 4 is 0 Å². The molecular weight excluding hydrogens is 174 g/mol. The van der Waals surface area contributed by atoms with Crippen molar-refractivity contribution in [1.29, 1.82) is 0 Å². The molecule has 2 nitrogen and oxygen atoms in total. The summed E-state index contributed by atoms with van der Waals surface area (Å²) in [5.41, 5.74) is 0.0461. The summed E-state index contributed by atoms with van der Waals surface area (Å²) in [6.45, 7) is 8.59. The van der Waals surface area contributed by atoms with Gasteiger partial charge in [-0.1, -0.05) is 13.8 Å². The lowest BCUT2D eigenvalue weighted by molar-refractivity contribution is 0.0260. The van der Waals surface area contributed by atoms with Crippen LogP contribution >= 0.6 is 0 Å². The van der Waals surface area contributed by atoms with Crippen molar-refractivity contribution < 1.29 is 5.11 Å². The Balaban J connectivity index is 1.92. The monoisotopic (exact) mass is 197 g/mol. The number of piperidine rings is 1. The van der Waals surface area contributed by atoms with Gasteiger partial charge in [-0.3, -0.25) is 4.90 Å². The normalized spacial score (nSPS) is 35.1. The average molecular weight is 197 g/mol. The minimum atomic E-state index is -0.207. The fraction of sp³-hybridized carbons (Fsp3) is 1.00. The van der Waals surface area contributed by atoms with E-state index in [1.807, 2.05) is 6.92 Å². The zero-order valence-corrected chi connectivity index (χ0v) is 9.66. The summed E-state index contributed by atoms with van der Waals surface area (Å²) in [4.78, 5) is 2.60. The molecule has 1 aliphatic heterocycles. The molecule has 1 N–H and O–H groups in total. The third kappa shape index (κ3) is 1.82. The van der Waals surface area contributed by atoms with Gasteiger partial charge in [-0.05, 0) is 32.1 Å². The number of hydrogen-bond donors (Lipinski definition) is 1. The average Bonchev–Trinajstić information content (AvgIpc) is 2.63. The van der Waals surface area contributed by atoms with E-state index in [9.17, 15) is 5.11 Å². The van der Waals surface area contributed by atoms with Crippen molar-refractivity contribution in [3.05, 3.63) is 0 Å². The summed E-state index contributed by atoms with van der Waals surface area (Å²) >= 11 is 0. The van der Waals surface area contributed by atoms with Crippen molar-refractivity contribution in [3.8, 4) is 0 Å². The van der Waals surface area contributed by atoms with Gasteiger partial charge < -0.3 is 5.11 Å². The number of nitrogens with zero attached hydrogens (tertiary/aromatic N) is 1. The van der Waals surface area contributed by atoms with Crippen LogP contribution in [-0.4, -0.2) is 35.2 Å². The van der Waals surface area contributed by atoms with Gasteiger partial charge in [0.05, 0.1) is 6.10 Å². The second kappa shape index (κ2) is 3.49. The molecule has 82 valence electrons. The molecule has 3 unspecified atom stereocenters. The van der Waals surface area contributed by atoms with Crippen LogP contribution in [0.4, 0.5) is 0 Å². The van der Waals surface area contributed by atoms with Crippen LogP contribution in [0, 0.1) is 11.3 Å². The molecule has 2 rings (SSSR count). The number of likely N-dealkylation sites (tertiary alicyclic amines) is 1. The van der Waals surface area contributed by atoms with Crippen LogP contribution in [0.1, 0.15) is 40.0 Å². The molecule has 3 atom stereocenters. The van der Waals surface area contributed by atoms with Crippen molar-refractivity contribution in [2.75, 3.05) is 13.1 Å². The highest BCUT2D eigenvalue weighted by molar-refractivity contribution is 4.94. The molecule has 1 saturated carbocycles. The van der Waals surface area contributed by atoms with E-state index >= 15 is 0 Å². The molecule has 2 bridgehead atoms. The quantitative estimate of drug-likeness (QED) is 0.746. The van der Waals surface area contributed by atoms with Gasteiger partial charge in [0.25, 0.3) is 0 Å². The van der Waals surface area contributed by atoms with Gasteiger partial charge >= 0.3 is 0 Å². The molecule has 1 aliphatic carbocycles. The molecule has 1 saturated heterocycles. The maximum Gasteiger partial charge on any atom is 0.0575 e. The van der Waals surface area contributed by atoms with E-state index in [1.165, 1.54) is 25.8 Å². The summed E-state index contributed by atoms with van der Waals surface area (Å²) in [5, 5.41) is 9.68. The van der Waals surface area contributed by atoms with E-state index in [0.717, 1.165) is 18.5 Å². The topological polar surface area (TPSA) is 23.5 Å². The highest BCUT2D eigenvalue weighted by Crippen LogP contribution is 2.39. The molecular formula is C12H23NO. The predicted octanol–water partition coefficient (Wildman–Crippen LogP) is 1.88. The molecule has 1 heterocycles. The second-order valence-electron chi connectivity index (χ2n) is 5.93. The van der Waals surface area contributed by atoms with Gasteiger partial charge in [-0.2, -0.15) is 0 Å². The Morgan fingerprint density at radius 2 is 2.14 bits per heavy atom. The first-order valence-corrected chi connectivity index (χ1v) is 5.91. The molecule has 0 amide bonds. The third-order valence-electron chi connectivity index (χ3n) is 4.26. The summed E-state index contributed by atoms with van der Waals surface area (Å²) in [6, 6.07) is 0.832. The van der Waals surface area contributed by atoms with Gasteiger partial charge in [0.1, 0.15) is 0 Å². The molecule has 0 aromatic carbocycles. The van der Waals surface area contributed by atoms with Gasteiger partial charge in [0.15, 0.2) is 0 Å². The van der Waals surface area contributed by atoms with Crippen LogP contribution in [-0.2, 0) is 0 Å². The molecule has 0 spiro atoms. The lowest BCUT2D eigenvalue weighted by Gasteiger charge is -2.36. The smallest absolute Gasteiger partial charge is 0.0575 e. The largest absolute Gasteiger partial charge is 0.393 e. The lowest BCUT2D eigenvalue weighted by Crippen LogP contribution is -2.43. The van der Waals surface area contributed by atoms with Gasteiger partial charge in [-0.15, -0.1) is 0 Å². The lowest BCUT2D eigenvalue weighted by atomic mass is 9.86. The van der Waals surface area contributed by atoms with E-state index in [1.54, 1.807) is 0 Å². The van der Waals surface area contributed by atoms with Crippen molar-refractivity contribution in [3.63, 3.8) is 0 Å². The fourth-order valence-corrected chi connectivity index (χ4v) is 2.88. The highest BCUT2D eigenvalue weighted by atomic mass is 16.3. The third-order valence-corrected chi connectivity index (χ3v) is 4.26. The SMILES string of the molecule is CC(O)C(C)(C)CN1CC2CCC1C2. The molecule has 0 aromatic heterocycles. The number of hydrogen-bond acceptors (Lipinski definition) is 2. The van der Waals surface area contributed by atoms with Crippen LogP contribution in [0.2, 0.25) is 0 Å². The first-order valence-electron chi connectivity index (χ1n) is 5.91. The predicted molar refractivity (Wildman–Crippen MR) is 58.2 cm³/mol. The Morgan fingerprint density at radius 1 is 1.43 bits per heavy atom. The van der Waals surface area contributed by atoms with E-state index in [0.29, 0.717) is 0 Å². The molecule has 2 aliphatic rings. The van der Waals surface area contributed by atoms with Crippen molar-refractivity contribution in [2.45, 2.75) is 52.2 Å². The van der Waals surface area contributed by atoms with Crippen molar-refractivity contribution in [2.24, 2.45) is 11.3 Å². The first-order chi connectivity index (χ1) is 6.49. The molecule has 0 radical (unpaired) electrons. The maximum absolute atomic E-state index is 9.68. The van der Waals surface area contributed by atoms with Crippen LogP contribution in [0.5, 0.6) is 0 Å². The summed E-state index contributed by atoms with van der Waals surface area (Å²) in [5.74, 6) is 0.963.